The van der Waals surface area contributed by atoms with Crippen molar-refractivity contribution in [3.8, 4) is 0 Å². The van der Waals surface area contributed by atoms with Gasteiger partial charge in [-0.1, -0.05) is 13.8 Å². The lowest BCUT2D eigenvalue weighted by atomic mass is 10.2. The van der Waals surface area contributed by atoms with Gasteiger partial charge in [0, 0.05) is 6.54 Å². The molecule has 0 fully saturated rings. The van der Waals surface area contributed by atoms with Crippen molar-refractivity contribution < 1.29 is 34.6 Å². The molecule has 0 aromatic heterocycles. The number of rotatable bonds is 18. The van der Waals surface area contributed by atoms with Gasteiger partial charge in [-0.2, -0.15) is 0 Å². The first-order valence-electron chi connectivity index (χ1n) is 9.54. The fraction of sp³-hybridized carbons (Fsp3) is 0.941. The lowest BCUT2D eigenvalue weighted by Crippen LogP contribution is -2.47. The molecule has 0 heterocycles. The van der Waals surface area contributed by atoms with Crippen LogP contribution in [0, 0.1) is 0 Å². The van der Waals surface area contributed by atoms with E-state index in [1.54, 1.807) is 0 Å². The van der Waals surface area contributed by atoms with Crippen LogP contribution in [0.3, 0.4) is 0 Å². The van der Waals surface area contributed by atoms with E-state index in [0.717, 1.165) is 13.1 Å². The van der Waals surface area contributed by atoms with E-state index < -0.39 is 37.6 Å². The Kier molecular flexibility index (Phi) is 16.5. The number of nitrogens with zero attached hydrogens (tertiary/aromatic N) is 2. The Balaban J connectivity index is 5.10. The smallest absolute Gasteiger partial charge is 0.143 e. The summed E-state index contributed by atoms with van der Waals surface area (Å²) in [5, 5.41) is 36.9. The summed E-state index contributed by atoms with van der Waals surface area (Å²) in [6.07, 6.45) is -3.65. The van der Waals surface area contributed by atoms with E-state index >= 15 is 0 Å². The van der Waals surface area contributed by atoms with Crippen LogP contribution in [0.1, 0.15) is 13.8 Å². The number of nitrogens with two attached hydrogens (primary N) is 2. The lowest BCUT2D eigenvalue weighted by molar-refractivity contribution is -0.107. The Morgan fingerprint density at radius 3 is 2.14 bits per heavy atom. The van der Waals surface area contributed by atoms with Crippen molar-refractivity contribution >= 4 is 5.84 Å². The Morgan fingerprint density at radius 2 is 1.61 bits per heavy atom. The van der Waals surface area contributed by atoms with Gasteiger partial charge in [0.1, 0.15) is 30.3 Å². The molecule has 0 rings (SSSR count). The molecular formula is C17H38N4O7. The SMILES string of the molecule is CCN(CC)CCOC(COCC(O)CO)C(OCC(O)CO)C(N)=NCN. The average Bonchev–Trinajstić information content (AvgIpc) is 2.70. The second kappa shape index (κ2) is 17.0. The third-order valence-electron chi connectivity index (χ3n) is 4.02. The molecule has 0 radical (unpaired) electrons. The fourth-order valence-corrected chi connectivity index (χ4v) is 2.31. The monoisotopic (exact) mass is 410 g/mol. The van der Waals surface area contributed by atoms with Crippen LogP contribution in [0.4, 0.5) is 0 Å². The minimum Gasteiger partial charge on any atom is -0.394 e. The molecule has 0 spiro atoms. The van der Waals surface area contributed by atoms with Gasteiger partial charge in [0.25, 0.3) is 0 Å². The number of aliphatic hydroxyl groups excluding tert-OH is 4. The van der Waals surface area contributed by atoms with Gasteiger partial charge >= 0.3 is 0 Å². The normalized spacial score (nSPS) is 16.9. The highest BCUT2D eigenvalue weighted by Crippen LogP contribution is 2.09. The van der Waals surface area contributed by atoms with Crippen molar-refractivity contribution in [1.29, 1.82) is 0 Å². The molecule has 168 valence electrons. The lowest BCUT2D eigenvalue weighted by Gasteiger charge is -2.29. The summed E-state index contributed by atoms with van der Waals surface area (Å²) in [5.74, 6) is 0.0757. The summed E-state index contributed by atoms with van der Waals surface area (Å²) < 4.78 is 16.9. The third kappa shape index (κ3) is 11.8. The van der Waals surface area contributed by atoms with Crippen LogP contribution in [0.15, 0.2) is 4.99 Å². The molecule has 11 nitrogen and oxygen atoms in total. The zero-order valence-electron chi connectivity index (χ0n) is 16.9. The van der Waals surface area contributed by atoms with E-state index in [1.807, 2.05) is 0 Å². The largest absolute Gasteiger partial charge is 0.394 e. The van der Waals surface area contributed by atoms with Gasteiger partial charge in [0.15, 0.2) is 0 Å². The number of ether oxygens (including phenoxy) is 3. The van der Waals surface area contributed by atoms with Crippen molar-refractivity contribution in [1.82, 2.24) is 4.90 Å². The summed E-state index contributed by atoms with van der Waals surface area (Å²) in [6.45, 7) is 5.71. The highest BCUT2D eigenvalue weighted by molar-refractivity contribution is 5.85. The Labute approximate surface area is 166 Å². The predicted molar refractivity (Wildman–Crippen MR) is 105 cm³/mol. The van der Waals surface area contributed by atoms with Crippen LogP contribution in [-0.2, 0) is 14.2 Å². The van der Waals surface area contributed by atoms with Crippen LogP contribution in [0.25, 0.3) is 0 Å². The van der Waals surface area contributed by atoms with Gasteiger partial charge in [-0.05, 0) is 13.1 Å². The average molecular weight is 411 g/mol. The van der Waals surface area contributed by atoms with E-state index in [1.165, 1.54) is 0 Å². The Morgan fingerprint density at radius 1 is 1.00 bits per heavy atom. The quantitative estimate of drug-likeness (QED) is 0.101. The maximum Gasteiger partial charge on any atom is 0.143 e. The van der Waals surface area contributed by atoms with E-state index in [4.69, 9.17) is 35.9 Å². The molecule has 0 aliphatic carbocycles. The van der Waals surface area contributed by atoms with Crippen molar-refractivity contribution in [3.63, 3.8) is 0 Å². The molecule has 28 heavy (non-hydrogen) atoms. The highest BCUT2D eigenvalue weighted by Gasteiger charge is 2.28. The summed E-state index contributed by atoms with van der Waals surface area (Å²) in [7, 11) is 0. The second-order valence-corrected chi connectivity index (χ2v) is 6.17. The molecule has 11 heteroatoms. The molecule has 4 atom stereocenters. The van der Waals surface area contributed by atoms with E-state index in [9.17, 15) is 10.2 Å². The number of aliphatic hydroxyl groups is 4. The number of hydrogen-bond acceptors (Lipinski definition) is 10. The van der Waals surface area contributed by atoms with Gasteiger partial charge < -0.3 is 51.0 Å². The van der Waals surface area contributed by atoms with E-state index in [2.05, 4.69) is 23.7 Å². The first-order valence-corrected chi connectivity index (χ1v) is 9.54. The van der Waals surface area contributed by atoms with Gasteiger partial charge in [-0.15, -0.1) is 0 Å². The minimum atomic E-state index is -1.08. The summed E-state index contributed by atoms with van der Waals surface area (Å²) in [4.78, 5) is 6.13. The van der Waals surface area contributed by atoms with E-state index in [0.29, 0.717) is 13.2 Å². The minimum absolute atomic E-state index is 0.00991. The van der Waals surface area contributed by atoms with Crippen molar-refractivity contribution in [2.24, 2.45) is 16.5 Å². The fourth-order valence-electron chi connectivity index (χ4n) is 2.31. The zero-order valence-corrected chi connectivity index (χ0v) is 16.9. The van der Waals surface area contributed by atoms with Gasteiger partial charge in [0.2, 0.25) is 0 Å². The van der Waals surface area contributed by atoms with Crippen molar-refractivity contribution in [2.75, 3.05) is 65.9 Å². The summed E-state index contributed by atoms with van der Waals surface area (Å²) >= 11 is 0. The number of amidine groups is 1. The summed E-state index contributed by atoms with van der Waals surface area (Å²) in [6, 6.07) is 0. The topological polar surface area (TPSA) is 176 Å². The molecule has 0 aliphatic rings. The molecular weight excluding hydrogens is 372 g/mol. The molecule has 0 aliphatic heterocycles. The van der Waals surface area contributed by atoms with Crippen LogP contribution in [0.5, 0.6) is 0 Å². The Bertz CT molecular complexity index is 400. The molecule has 0 saturated carbocycles. The van der Waals surface area contributed by atoms with Crippen LogP contribution in [-0.4, -0.2) is 122 Å². The van der Waals surface area contributed by atoms with Crippen molar-refractivity contribution in [3.05, 3.63) is 0 Å². The molecule has 0 amide bonds. The molecule has 8 N–H and O–H groups in total. The standard InChI is InChI=1S/C17H38N4O7/c1-3-21(4-2)5-6-27-15(11-26-9-13(24)7-22)16(17(19)20-12-18)28-10-14(25)8-23/h13-16,22-25H,3-12,18H2,1-2H3,(H2,19,20). The highest BCUT2D eigenvalue weighted by atomic mass is 16.6. The number of hydrogen-bond donors (Lipinski definition) is 6. The van der Waals surface area contributed by atoms with Crippen LogP contribution in [0.2, 0.25) is 0 Å². The number of likely N-dealkylation sites (N-methyl/N-ethyl adjacent to an activating group) is 1. The van der Waals surface area contributed by atoms with Crippen LogP contribution < -0.4 is 11.5 Å². The third-order valence-corrected chi connectivity index (χ3v) is 4.02. The molecule has 0 bridgehead atoms. The van der Waals surface area contributed by atoms with Gasteiger partial charge in [0.05, 0.1) is 46.3 Å². The maximum absolute atomic E-state index is 9.57. The zero-order chi connectivity index (χ0) is 21.4. The summed E-state index contributed by atoms with van der Waals surface area (Å²) in [5.41, 5.74) is 11.4. The molecule has 0 aromatic carbocycles. The first kappa shape index (κ1) is 27.1. The van der Waals surface area contributed by atoms with Crippen molar-refractivity contribution in [2.45, 2.75) is 38.3 Å². The van der Waals surface area contributed by atoms with Gasteiger partial charge in [-0.25, -0.2) is 0 Å². The predicted octanol–water partition coefficient (Wildman–Crippen LogP) is -2.90. The van der Waals surface area contributed by atoms with Crippen LogP contribution >= 0.6 is 0 Å². The first-order chi connectivity index (χ1) is 13.4. The molecule has 0 aromatic rings. The van der Waals surface area contributed by atoms with Gasteiger partial charge in [-0.3, -0.25) is 4.99 Å². The molecule has 4 unspecified atom stereocenters. The number of aliphatic imine (C=N–C) groups is 1. The molecule has 0 saturated heterocycles. The Hall–Kier alpha value is -0.890. The van der Waals surface area contributed by atoms with E-state index in [-0.39, 0.29) is 32.3 Å². The maximum atomic E-state index is 9.57. The second-order valence-electron chi connectivity index (χ2n) is 6.17.